The van der Waals surface area contributed by atoms with Gasteiger partial charge in [-0.1, -0.05) is 6.07 Å². The van der Waals surface area contributed by atoms with Gasteiger partial charge in [0, 0.05) is 11.3 Å². The van der Waals surface area contributed by atoms with Crippen LogP contribution in [0, 0.1) is 25.5 Å². The summed E-state index contributed by atoms with van der Waals surface area (Å²) in [5.41, 5.74) is 8.94. The number of guanidine groups is 1. The Morgan fingerprint density at radius 1 is 1.09 bits per heavy atom. The normalized spacial score (nSPS) is 11.0. The summed E-state index contributed by atoms with van der Waals surface area (Å²) in [4.78, 5) is 4.03. The minimum atomic E-state index is -0.501. The summed E-state index contributed by atoms with van der Waals surface area (Å²) in [5.74, 6) is -0.842. The van der Waals surface area contributed by atoms with Crippen LogP contribution in [0.4, 0.5) is 14.5 Å². The van der Waals surface area contributed by atoms with Crippen molar-refractivity contribution in [3.8, 4) is 0 Å². The van der Waals surface area contributed by atoms with E-state index in [-0.39, 0.29) is 42.0 Å². The summed E-state index contributed by atoms with van der Waals surface area (Å²) in [6.07, 6.45) is 0. The fourth-order valence-electron chi connectivity index (χ4n) is 2.07. The molecular formula is C16H18F2IN3. The Morgan fingerprint density at radius 3 is 2.36 bits per heavy atom. The van der Waals surface area contributed by atoms with E-state index in [4.69, 9.17) is 5.73 Å². The molecule has 3 N–H and O–H groups in total. The molecule has 118 valence electrons. The monoisotopic (exact) mass is 417 g/mol. The van der Waals surface area contributed by atoms with Crippen molar-refractivity contribution < 1.29 is 8.78 Å². The van der Waals surface area contributed by atoms with Crippen LogP contribution in [-0.4, -0.2) is 5.96 Å². The van der Waals surface area contributed by atoms with Crippen molar-refractivity contribution in [2.24, 2.45) is 10.7 Å². The number of anilines is 1. The van der Waals surface area contributed by atoms with Crippen molar-refractivity contribution in [2.45, 2.75) is 20.4 Å². The number of nitrogens with two attached hydrogens (primary N) is 1. The first kappa shape index (κ1) is 18.3. The molecule has 0 saturated heterocycles. The lowest BCUT2D eigenvalue weighted by Crippen LogP contribution is -2.22. The fourth-order valence-corrected chi connectivity index (χ4v) is 2.07. The molecule has 6 heteroatoms. The summed E-state index contributed by atoms with van der Waals surface area (Å²) in [5, 5.41) is 2.94. The Morgan fingerprint density at radius 2 is 1.73 bits per heavy atom. The molecule has 0 heterocycles. The maximum Gasteiger partial charge on any atom is 0.193 e. The molecule has 2 rings (SSSR count). The number of hydrogen-bond acceptors (Lipinski definition) is 1. The van der Waals surface area contributed by atoms with Gasteiger partial charge in [0.05, 0.1) is 6.54 Å². The molecule has 0 aliphatic rings. The molecule has 0 bridgehead atoms. The van der Waals surface area contributed by atoms with Crippen LogP contribution in [-0.2, 0) is 6.54 Å². The summed E-state index contributed by atoms with van der Waals surface area (Å²) in [6, 6.07) is 9.16. The smallest absolute Gasteiger partial charge is 0.193 e. The molecule has 2 aromatic carbocycles. The van der Waals surface area contributed by atoms with Crippen LogP contribution in [0.5, 0.6) is 0 Å². The van der Waals surface area contributed by atoms with E-state index in [2.05, 4.69) is 10.3 Å². The Bertz CT molecular complexity index is 667. The molecule has 0 aromatic heterocycles. The third kappa shape index (κ3) is 5.25. The van der Waals surface area contributed by atoms with Gasteiger partial charge in [0.1, 0.15) is 11.6 Å². The van der Waals surface area contributed by atoms with Gasteiger partial charge in [-0.15, -0.1) is 24.0 Å². The molecule has 0 aliphatic heterocycles. The van der Waals surface area contributed by atoms with Gasteiger partial charge in [0.15, 0.2) is 5.96 Å². The SMILES string of the molecule is Cc1cc(C)cc(NC(N)=NCc2cc(F)ccc2F)c1.I. The molecule has 0 amide bonds. The number of aryl methyl sites for hydroxylation is 2. The highest BCUT2D eigenvalue weighted by Gasteiger charge is 2.03. The third-order valence-corrected chi connectivity index (χ3v) is 2.92. The van der Waals surface area contributed by atoms with E-state index in [0.29, 0.717) is 0 Å². The van der Waals surface area contributed by atoms with Crippen LogP contribution < -0.4 is 11.1 Å². The van der Waals surface area contributed by atoms with Crippen LogP contribution in [0.15, 0.2) is 41.4 Å². The van der Waals surface area contributed by atoms with Crippen molar-refractivity contribution in [3.63, 3.8) is 0 Å². The second-order valence-corrected chi connectivity index (χ2v) is 4.94. The van der Waals surface area contributed by atoms with Crippen LogP contribution in [0.25, 0.3) is 0 Å². The zero-order chi connectivity index (χ0) is 15.4. The Balaban J connectivity index is 0.00000242. The first-order valence-electron chi connectivity index (χ1n) is 6.53. The van der Waals surface area contributed by atoms with E-state index < -0.39 is 11.6 Å². The molecule has 3 nitrogen and oxygen atoms in total. The summed E-state index contributed by atoms with van der Waals surface area (Å²) in [6.45, 7) is 3.94. The highest BCUT2D eigenvalue weighted by molar-refractivity contribution is 14.0. The van der Waals surface area contributed by atoms with E-state index >= 15 is 0 Å². The topological polar surface area (TPSA) is 50.4 Å². The number of aliphatic imine (C=N–C) groups is 1. The van der Waals surface area contributed by atoms with Crippen molar-refractivity contribution in [3.05, 3.63) is 64.7 Å². The Kier molecular flexibility index (Phi) is 6.73. The van der Waals surface area contributed by atoms with Crippen LogP contribution in [0.1, 0.15) is 16.7 Å². The predicted molar refractivity (Wildman–Crippen MR) is 96.6 cm³/mol. The summed E-state index contributed by atoms with van der Waals surface area (Å²) < 4.78 is 26.5. The zero-order valence-corrected chi connectivity index (χ0v) is 14.7. The maximum absolute atomic E-state index is 13.5. The van der Waals surface area contributed by atoms with Gasteiger partial charge in [-0.2, -0.15) is 0 Å². The number of halogens is 3. The lowest BCUT2D eigenvalue weighted by atomic mass is 10.1. The number of nitrogens with zero attached hydrogens (tertiary/aromatic N) is 1. The van der Waals surface area contributed by atoms with Gasteiger partial charge in [-0.3, -0.25) is 0 Å². The van der Waals surface area contributed by atoms with Gasteiger partial charge in [0.2, 0.25) is 0 Å². The van der Waals surface area contributed by atoms with E-state index in [9.17, 15) is 8.78 Å². The molecule has 2 aromatic rings. The van der Waals surface area contributed by atoms with Crippen molar-refractivity contribution >= 4 is 35.6 Å². The quantitative estimate of drug-likeness (QED) is 0.449. The number of hydrogen-bond donors (Lipinski definition) is 2. The predicted octanol–water partition coefficient (Wildman–Crippen LogP) is 4.13. The second-order valence-electron chi connectivity index (χ2n) is 4.94. The van der Waals surface area contributed by atoms with Crippen LogP contribution in [0.2, 0.25) is 0 Å². The average Bonchev–Trinajstić information content (AvgIpc) is 2.38. The molecule has 0 unspecified atom stereocenters. The van der Waals surface area contributed by atoms with Gasteiger partial charge >= 0.3 is 0 Å². The van der Waals surface area contributed by atoms with Crippen LogP contribution >= 0.6 is 24.0 Å². The summed E-state index contributed by atoms with van der Waals surface area (Å²) >= 11 is 0. The van der Waals surface area contributed by atoms with Crippen molar-refractivity contribution in [1.82, 2.24) is 0 Å². The molecular weight excluding hydrogens is 399 g/mol. The van der Waals surface area contributed by atoms with E-state index in [1.807, 2.05) is 32.0 Å². The van der Waals surface area contributed by atoms with Crippen molar-refractivity contribution in [2.75, 3.05) is 5.32 Å². The maximum atomic E-state index is 13.5. The largest absolute Gasteiger partial charge is 0.370 e. The van der Waals surface area contributed by atoms with Gasteiger partial charge < -0.3 is 11.1 Å². The van der Waals surface area contributed by atoms with E-state index in [1.54, 1.807) is 0 Å². The third-order valence-electron chi connectivity index (χ3n) is 2.92. The molecule has 0 saturated carbocycles. The van der Waals surface area contributed by atoms with Gasteiger partial charge in [-0.05, 0) is 55.3 Å². The Hall–Kier alpha value is -1.70. The number of benzene rings is 2. The molecule has 0 spiro atoms. The fraction of sp³-hybridized carbons (Fsp3) is 0.188. The standard InChI is InChI=1S/C16H17F2N3.HI/c1-10-5-11(2)7-14(6-10)21-16(19)20-9-12-8-13(17)3-4-15(12)18;/h3-8H,9H2,1-2H3,(H3,19,20,21);1H. The highest BCUT2D eigenvalue weighted by atomic mass is 127. The lowest BCUT2D eigenvalue weighted by Gasteiger charge is -2.08. The lowest BCUT2D eigenvalue weighted by molar-refractivity contribution is 0.586. The average molecular weight is 417 g/mol. The molecule has 0 radical (unpaired) electrons. The van der Waals surface area contributed by atoms with Gasteiger partial charge in [0.25, 0.3) is 0 Å². The Labute approximate surface area is 145 Å². The first-order chi connectivity index (χ1) is 9.94. The molecule has 0 fully saturated rings. The summed E-state index contributed by atoms with van der Waals surface area (Å²) in [7, 11) is 0. The second kappa shape index (κ2) is 8.07. The number of rotatable bonds is 3. The van der Waals surface area contributed by atoms with E-state index in [1.165, 1.54) is 0 Å². The minimum Gasteiger partial charge on any atom is -0.370 e. The first-order valence-corrected chi connectivity index (χ1v) is 6.53. The van der Waals surface area contributed by atoms with E-state index in [0.717, 1.165) is 35.0 Å². The molecule has 0 aliphatic carbocycles. The zero-order valence-electron chi connectivity index (χ0n) is 12.4. The minimum absolute atomic E-state index is 0. The van der Waals surface area contributed by atoms with Crippen LogP contribution in [0.3, 0.4) is 0 Å². The molecule has 0 atom stereocenters. The van der Waals surface area contributed by atoms with Gasteiger partial charge in [-0.25, -0.2) is 13.8 Å². The highest BCUT2D eigenvalue weighted by Crippen LogP contribution is 2.14. The van der Waals surface area contributed by atoms with Crippen molar-refractivity contribution in [1.29, 1.82) is 0 Å². The number of nitrogens with one attached hydrogen (secondary N) is 1. The molecule has 22 heavy (non-hydrogen) atoms.